The average Bonchev–Trinajstić information content (AvgIpc) is 2.37. The van der Waals surface area contributed by atoms with E-state index in [0.717, 1.165) is 13.1 Å². The molecular weight excluding hydrogens is 282 g/mol. The Morgan fingerprint density at radius 1 is 1.05 bits per heavy atom. The van der Waals surface area contributed by atoms with Crippen LogP contribution in [0, 0.1) is 11.6 Å². The lowest BCUT2D eigenvalue weighted by atomic mass is 10.0. The molecular formula is C15H21ClF2N2. The zero-order chi connectivity index (χ0) is 14.9. The fourth-order valence-corrected chi connectivity index (χ4v) is 2.75. The fourth-order valence-electron chi connectivity index (χ4n) is 2.60. The minimum atomic E-state index is -0.523. The molecule has 0 amide bonds. The first-order chi connectivity index (χ1) is 9.32. The summed E-state index contributed by atoms with van der Waals surface area (Å²) in [4.78, 5) is 4.11. The van der Waals surface area contributed by atoms with Gasteiger partial charge in [0, 0.05) is 37.6 Å². The van der Waals surface area contributed by atoms with Crippen LogP contribution >= 0.6 is 11.6 Å². The van der Waals surface area contributed by atoms with Gasteiger partial charge in [-0.2, -0.15) is 0 Å². The van der Waals surface area contributed by atoms with Crippen LogP contribution in [0.2, 0.25) is 0 Å². The van der Waals surface area contributed by atoms with E-state index in [1.165, 1.54) is 12.1 Å². The summed E-state index contributed by atoms with van der Waals surface area (Å²) in [5.74, 6) is -0.930. The molecule has 1 aromatic rings. The lowest BCUT2D eigenvalue weighted by molar-refractivity contribution is 0.128. The highest BCUT2D eigenvalue weighted by atomic mass is 35.5. The van der Waals surface area contributed by atoms with E-state index >= 15 is 0 Å². The molecule has 0 spiro atoms. The van der Waals surface area contributed by atoms with Crippen molar-refractivity contribution in [1.29, 1.82) is 0 Å². The van der Waals surface area contributed by atoms with Gasteiger partial charge in [0.15, 0.2) is 0 Å². The maximum Gasteiger partial charge on any atom is 0.149 e. The molecule has 0 saturated carbocycles. The molecule has 112 valence electrons. The van der Waals surface area contributed by atoms with E-state index < -0.39 is 11.6 Å². The average molecular weight is 303 g/mol. The summed E-state index contributed by atoms with van der Waals surface area (Å²) >= 11 is 5.62. The Balaban J connectivity index is 2.15. The molecule has 1 aliphatic rings. The zero-order valence-corrected chi connectivity index (χ0v) is 13.0. The van der Waals surface area contributed by atoms with Crippen LogP contribution in [0.5, 0.6) is 0 Å². The quantitative estimate of drug-likeness (QED) is 0.770. The van der Waals surface area contributed by atoms with Gasteiger partial charge in [0.05, 0.1) is 0 Å². The van der Waals surface area contributed by atoms with Gasteiger partial charge >= 0.3 is 0 Å². The number of benzene rings is 1. The van der Waals surface area contributed by atoms with Gasteiger partial charge < -0.3 is 4.90 Å². The predicted octanol–water partition coefficient (Wildman–Crippen LogP) is 3.62. The van der Waals surface area contributed by atoms with E-state index in [0.29, 0.717) is 18.7 Å². The standard InChI is InChI=1S/C15H21ClF2N2/c1-15(2,3)20-6-4-19(5-7-20)14-12(17)8-11(10-16)9-13(14)18/h8-9H,4-7,10H2,1-3H3. The number of alkyl halides is 1. The first-order valence-electron chi connectivity index (χ1n) is 6.87. The second-order valence-electron chi connectivity index (χ2n) is 6.19. The molecule has 1 aliphatic heterocycles. The molecule has 0 N–H and O–H groups in total. The second-order valence-corrected chi connectivity index (χ2v) is 6.45. The highest BCUT2D eigenvalue weighted by Crippen LogP contribution is 2.27. The van der Waals surface area contributed by atoms with Crippen molar-refractivity contribution in [3.8, 4) is 0 Å². The van der Waals surface area contributed by atoms with Crippen LogP contribution in [-0.2, 0) is 5.88 Å². The molecule has 0 aliphatic carbocycles. The molecule has 0 atom stereocenters. The molecule has 0 aromatic heterocycles. The Morgan fingerprint density at radius 2 is 1.55 bits per heavy atom. The second kappa shape index (κ2) is 5.86. The summed E-state index contributed by atoms with van der Waals surface area (Å²) < 4.78 is 28.1. The van der Waals surface area contributed by atoms with Crippen molar-refractivity contribution in [1.82, 2.24) is 4.90 Å². The van der Waals surface area contributed by atoms with Crippen molar-refractivity contribution >= 4 is 17.3 Å². The Morgan fingerprint density at radius 3 is 1.95 bits per heavy atom. The van der Waals surface area contributed by atoms with Crippen molar-refractivity contribution in [3.05, 3.63) is 29.3 Å². The smallest absolute Gasteiger partial charge is 0.149 e. The number of halogens is 3. The lowest BCUT2D eigenvalue weighted by Gasteiger charge is -2.43. The molecule has 0 unspecified atom stereocenters. The van der Waals surface area contributed by atoms with E-state index in [2.05, 4.69) is 25.7 Å². The highest BCUT2D eigenvalue weighted by Gasteiger charge is 2.28. The van der Waals surface area contributed by atoms with Crippen molar-refractivity contribution < 1.29 is 8.78 Å². The molecule has 1 fully saturated rings. The molecule has 0 bridgehead atoms. The Kier molecular flexibility index (Phi) is 4.55. The third-order valence-electron chi connectivity index (χ3n) is 3.78. The van der Waals surface area contributed by atoms with Gasteiger partial charge in [-0.05, 0) is 38.5 Å². The fraction of sp³-hybridized carbons (Fsp3) is 0.600. The van der Waals surface area contributed by atoms with Gasteiger partial charge in [0.25, 0.3) is 0 Å². The summed E-state index contributed by atoms with van der Waals surface area (Å²) in [6.07, 6.45) is 0. The van der Waals surface area contributed by atoms with Crippen LogP contribution in [0.25, 0.3) is 0 Å². The number of hydrogen-bond donors (Lipinski definition) is 0. The molecule has 20 heavy (non-hydrogen) atoms. The van der Waals surface area contributed by atoms with E-state index in [1.807, 2.05) is 0 Å². The molecule has 1 aromatic carbocycles. The SMILES string of the molecule is CC(C)(C)N1CCN(c2c(F)cc(CCl)cc2F)CC1. The molecule has 0 radical (unpaired) electrons. The van der Waals surface area contributed by atoms with Gasteiger partial charge in [-0.3, -0.25) is 4.90 Å². The summed E-state index contributed by atoms with van der Waals surface area (Å²) in [5, 5.41) is 0. The zero-order valence-electron chi connectivity index (χ0n) is 12.2. The van der Waals surface area contributed by atoms with E-state index in [9.17, 15) is 8.78 Å². The monoisotopic (exact) mass is 302 g/mol. The van der Waals surface area contributed by atoms with Crippen LogP contribution in [0.1, 0.15) is 26.3 Å². The van der Waals surface area contributed by atoms with Gasteiger partial charge in [0.1, 0.15) is 17.3 Å². The van der Waals surface area contributed by atoms with Crippen LogP contribution in [0.3, 0.4) is 0 Å². The largest absolute Gasteiger partial charge is 0.364 e. The molecule has 2 rings (SSSR count). The van der Waals surface area contributed by atoms with Gasteiger partial charge in [-0.25, -0.2) is 8.78 Å². The number of piperazine rings is 1. The summed E-state index contributed by atoms with van der Waals surface area (Å²) in [7, 11) is 0. The van der Waals surface area contributed by atoms with Crippen molar-refractivity contribution in [2.24, 2.45) is 0 Å². The van der Waals surface area contributed by atoms with Crippen LogP contribution in [0.4, 0.5) is 14.5 Å². The van der Waals surface area contributed by atoms with E-state index in [1.54, 1.807) is 4.90 Å². The molecule has 5 heteroatoms. The van der Waals surface area contributed by atoms with Gasteiger partial charge in [-0.15, -0.1) is 11.6 Å². The van der Waals surface area contributed by atoms with Crippen LogP contribution < -0.4 is 4.90 Å². The topological polar surface area (TPSA) is 6.48 Å². The first kappa shape index (κ1) is 15.5. The summed E-state index contributed by atoms with van der Waals surface area (Å²) in [6.45, 7) is 9.33. The number of hydrogen-bond acceptors (Lipinski definition) is 2. The number of anilines is 1. The predicted molar refractivity (Wildman–Crippen MR) is 79.5 cm³/mol. The molecule has 1 heterocycles. The van der Waals surface area contributed by atoms with Crippen molar-refractivity contribution in [3.63, 3.8) is 0 Å². The Bertz CT molecular complexity index is 454. The summed E-state index contributed by atoms with van der Waals surface area (Å²) in [6, 6.07) is 2.64. The third kappa shape index (κ3) is 3.23. The number of nitrogens with zero attached hydrogens (tertiary/aromatic N) is 2. The maximum atomic E-state index is 14.1. The Labute approximate surface area is 124 Å². The minimum absolute atomic E-state index is 0.0763. The summed E-state index contributed by atoms with van der Waals surface area (Å²) in [5.41, 5.74) is 0.636. The maximum absolute atomic E-state index is 14.1. The van der Waals surface area contributed by atoms with E-state index in [4.69, 9.17) is 11.6 Å². The molecule has 2 nitrogen and oxygen atoms in total. The van der Waals surface area contributed by atoms with Crippen molar-refractivity contribution in [2.75, 3.05) is 31.1 Å². The van der Waals surface area contributed by atoms with Crippen LogP contribution in [-0.4, -0.2) is 36.6 Å². The van der Waals surface area contributed by atoms with Gasteiger partial charge in [0.2, 0.25) is 0 Å². The highest BCUT2D eigenvalue weighted by molar-refractivity contribution is 6.17. The first-order valence-corrected chi connectivity index (χ1v) is 7.40. The third-order valence-corrected chi connectivity index (χ3v) is 4.08. The Hall–Kier alpha value is -0.870. The van der Waals surface area contributed by atoms with Crippen LogP contribution in [0.15, 0.2) is 12.1 Å². The van der Waals surface area contributed by atoms with E-state index in [-0.39, 0.29) is 17.1 Å². The lowest BCUT2D eigenvalue weighted by Crippen LogP contribution is -2.53. The number of rotatable bonds is 2. The normalized spacial score (nSPS) is 17.6. The minimum Gasteiger partial charge on any atom is -0.364 e. The van der Waals surface area contributed by atoms with Crippen molar-refractivity contribution in [2.45, 2.75) is 32.2 Å². The van der Waals surface area contributed by atoms with Gasteiger partial charge in [-0.1, -0.05) is 0 Å². The molecule has 1 saturated heterocycles.